The minimum atomic E-state index is -2.06. The number of carbonyl (C=O) groups excluding carboxylic acids is 1. The number of hydrogen-bond acceptors (Lipinski definition) is 12. The molecule has 1 heterocycles. The van der Waals surface area contributed by atoms with Crippen LogP contribution in [-0.2, 0) is 14.3 Å². The Labute approximate surface area is 180 Å². The molecule has 31 heavy (non-hydrogen) atoms. The van der Waals surface area contributed by atoms with E-state index >= 15 is 0 Å². The van der Waals surface area contributed by atoms with E-state index in [-0.39, 0.29) is 6.54 Å². The Hall–Kier alpha value is -0.970. The lowest BCUT2D eigenvalue weighted by Gasteiger charge is -2.42. The third kappa shape index (κ3) is 8.14. The fourth-order valence-electron chi connectivity index (χ4n) is 3.11. The van der Waals surface area contributed by atoms with E-state index in [2.05, 4.69) is 5.32 Å². The smallest absolute Gasteiger partial charge is 0.251 e. The number of amides is 1. The summed E-state index contributed by atoms with van der Waals surface area (Å²) in [7, 11) is 0. The van der Waals surface area contributed by atoms with Crippen LogP contribution < -0.4 is 11.1 Å². The van der Waals surface area contributed by atoms with Gasteiger partial charge in [0.1, 0.15) is 42.7 Å². The van der Waals surface area contributed by atoms with Crippen LogP contribution in [0.25, 0.3) is 0 Å². The molecule has 0 radical (unpaired) electrons. The van der Waals surface area contributed by atoms with Crippen molar-refractivity contribution >= 4 is 5.91 Å². The molecule has 0 unspecified atom stereocenters. The third-order valence-corrected chi connectivity index (χ3v) is 5.06. The summed E-state index contributed by atoms with van der Waals surface area (Å²) in [5.74, 6) is -0.945. The maximum absolute atomic E-state index is 12.1. The van der Waals surface area contributed by atoms with Gasteiger partial charge in [0.05, 0.1) is 13.2 Å². The van der Waals surface area contributed by atoms with Gasteiger partial charge in [-0.05, 0) is 19.4 Å². The summed E-state index contributed by atoms with van der Waals surface area (Å²) in [6.45, 7) is -0.875. The van der Waals surface area contributed by atoms with Gasteiger partial charge in [0.25, 0.3) is 5.91 Å². The van der Waals surface area contributed by atoms with E-state index in [1.807, 2.05) is 0 Å². The molecule has 1 aliphatic rings. The molecule has 1 rings (SSSR count). The zero-order valence-electron chi connectivity index (χ0n) is 17.2. The Morgan fingerprint density at radius 2 is 1.65 bits per heavy atom. The number of rotatable bonds is 14. The summed E-state index contributed by atoms with van der Waals surface area (Å²) in [4.78, 5) is 12.1. The highest BCUT2D eigenvalue weighted by atomic mass is 16.7. The quantitative estimate of drug-likeness (QED) is 0.110. The molecule has 1 saturated heterocycles. The number of nitrogens with two attached hydrogens (primary N) is 1. The highest BCUT2D eigenvalue weighted by molar-refractivity contribution is 5.81. The lowest BCUT2D eigenvalue weighted by Crippen LogP contribution is -2.62. The van der Waals surface area contributed by atoms with E-state index in [1.165, 1.54) is 0 Å². The molecule has 9 atom stereocenters. The predicted octanol–water partition coefficient (Wildman–Crippen LogP) is -5.12. The third-order valence-electron chi connectivity index (χ3n) is 5.06. The minimum absolute atomic E-state index is 0.230. The molecule has 0 bridgehead atoms. The maximum Gasteiger partial charge on any atom is 0.251 e. The van der Waals surface area contributed by atoms with Gasteiger partial charge in [-0.3, -0.25) is 4.79 Å². The van der Waals surface area contributed by atoms with Crippen LogP contribution in [-0.4, -0.2) is 128 Å². The van der Waals surface area contributed by atoms with Crippen LogP contribution in [0, 0.1) is 0 Å². The Morgan fingerprint density at radius 1 is 1.00 bits per heavy atom. The van der Waals surface area contributed by atoms with Crippen LogP contribution in [0.3, 0.4) is 0 Å². The second kappa shape index (κ2) is 14.2. The standard InChI is InChI=1S/C18H36N2O11/c19-5-3-1-2-4-6-20-17(29)14(27)13(26)16(9(23)7-21)31-18-15(28)12(25)11(24)10(8-22)30-18/h9-16,18,21-28H,1-8,19H2,(H,20,29)/t9-,10-,11+,12+,13+,14-,15-,16-,18+/m1/s1. The van der Waals surface area contributed by atoms with Gasteiger partial charge in [-0.15, -0.1) is 0 Å². The lowest BCUT2D eigenvalue weighted by atomic mass is 9.98. The van der Waals surface area contributed by atoms with Gasteiger partial charge in [0, 0.05) is 6.54 Å². The Kier molecular flexibility index (Phi) is 12.9. The fourth-order valence-corrected chi connectivity index (χ4v) is 3.11. The van der Waals surface area contributed by atoms with Gasteiger partial charge in [0.2, 0.25) is 0 Å². The second-order valence-electron chi connectivity index (χ2n) is 7.48. The molecule has 1 aliphatic heterocycles. The van der Waals surface area contributed by atoms with Crippen molar-refractivity contribution in [3.05, 3.63) is 0 Å². The van der Waals surface area contributed by atoms with E-state index in [0.29, 0.717) is 13.0 Å². The van der Waals surface area contributed by atoms with Crippen molar-refractivity contribution in [2.45, 2.75) is 80.8 Å². The molecule has 0 aromatic carbocycles. The lowest BCUT2D eigenvalue weighted by molar-refractivity contribution is -0.326. The van der Waals surface area contributed by atoms with Crippen LogP contribution in [0.5, 0.6) is 0 Å². The van der Waals surface area contributed by atoms with Gasteiger partial charge < -0.3 is 61.4 Å². The van der Waals surface area contributed by atoms with Gasteiger partial charge in [-0.1, -0.05) is 12.8 Å². The highest BCUT2D eigenvalue weighted by Crippen LogP contribution is 2.25. The number of ether oxygens (including phenoxy) is 2. The molecule has 0 aromatic heterocycles. The topological polar surface area (TPSA) is 235 Å². The summed E-state index contributed by atoms with van der Waals surface area (Å²) < 4.78 is 10.4. The van der Waals surface area contributed by atoms with Crippen LogP contribution in [0.15, 0.2) is 0 Å². The van der Waals surface area contributed by atoms with Crippen molar-refractivity contribution in [3.63, 3.8) is 0 Å². The van der Waals surface area contributed by atoms with Crippen LogP contribution in [0.4, 0.5) is 0 Å². The molecule has 11 N–H and O–H groups in total. The van der Waals surface area contributed by atoms with Crippen molar-refractivity contribution in [2.75, 3.05) is 26.3 Å². The number of nitrogens with one attached hydrogen (secondary N) is 1. The van der Waals surface area contributed by atoms with E-state index in [9.17, 15) is 45.6 Å². The first kappa shape index (κ1) is 28.1. The Balaban J connectivity index is 2.73. The number of unbranched alkanes of at least 4 members (excludes halogenated alkanes) is 3. The number of aliphatic hydroxyl groups excluding tert-OH is 8. The zero-order chi connectivity index (χ0) is 23.6. The summed E-state index contributed by atoms with van der Waals surface area (Å²) >= 11 is 0. The first-order chi connectivity index (χ1) is 14.7. The van der Waals surface area contributed by atoms with Crippen LogP contribution in [0.2, 0.25) is 0 Å². The zero-order valence-corrected chi connectivity index (χ0v) is 17.2. The summed E-state index contributed by atoms with van der Waals surface area (Å²) in [5.41, 5.74) is 5.39. The van der Waals surface area contributed by atoms with Crippen molar-refractivity contribution < 1.29 is 55.1 Å². The molecule has 1 fully saturated rings. The van der Waals surface area contributed by atoms with Gasteiger partial charge >= 0.3 is 0 Å². The molecule has 0 saturated carbocycles. The highest BCUT2D eigenvalue weighted by Gasteiger charge is 2.47. The Bertz CT molecular complexity index is 513. The Morgan fingerprint density at radius 3 is 2.23 bits per heavy atom. The average molecular weight is 456 g/mol. The van der Waals surface area contributed by atoms with Crippen molar-refractivity contribution in [2.24, 2.45) is 5.73 Å². The van der Waals surface area contributed by atoms with Crippen molar-refractivity contribution in [1.82, 2.24) is 5.32 Å². The van der Waals surface area contributed by atoms with Crippen molar-refractivity contribution in [3.8, 4) is 0 Å². The van der Waals surface area contributed by atoms with E-state index in [1.54, 1.807) is 0 Å². The molecule has 0 spiro atoms. The molecule has 184 valence electrons. The maximum atomic E-state index is 12.1. The number of carbonyl (C=O) groups is 1. The van der Waals surface area contributed by atoms with Gasteiger partial charge in [-0.25, -0.2) is 0 Å². The average Bonchev–Trinajstić information content (AvgIpc) is 2.77. The minimum Gasteiger partial charge on any atom is -0.394 e. The number of aliphatic hydroxyl groups is 8. The monoisotopic (exact) mass is 456 g/mol. The first-order valence-electron chi connectivity index (χ1n) is 10.3. The predicted molar refractivity (Wildman–Crippen MR) is 104 cm³/mol. The molecular formula is C18H36N2O11. The summed E-state index contributed by atoms with van der Waals surface area (Å²) in [6.07, 6.45) is -12.9. The molecule has 1 amide bonds. The van der Waals surface area contributed by atoms with Crippen molar-refractivity contribution in [1.29, 1.82) is 0 Å². The second-order valence-corrected chi connectivity index (χ2v) is 7.48. The van der Waals surface area contributed by atoms with Gasteiger partial charge in [0.15, 0.2) is 12.4 Å². The molecule has 13 heteroatoms. The largest absolute Gasteiger partial charge is 0.394 e. The van der Waals surface area contributed by atoms with Crippen LogP contribution in [0.1, 0.15) is 25.7 Å². The number of hydrogen-bond donors (Lipinski definition) is 10. The molecule has 0 aromatic rings. The molecular weight excluding hydrogens is 420 g/mol. The summed E-state index contributed by atoms with van der Waals surface area (Å²) in [6, 6.07) is 0. The normalized spacial score (nSPS) is 30.4. The molecule has 13 nitrogen and oxygen atoms in total. The van der Waals surface area contributed by atoms with Gasteiger partial charge in [-0.2, -0.15) is 0 Å². The van der Waals surface area contributed by atoms with E-state index < -0.39 is 74.2 Å². The van der Waals surface area contributed by atoms with Crippen LogP contribution >= 0.6 is 0 Å². The fraction of sp³-hybridized carbons (Fsp3) is 0.944. The summed E-state index contributed by atoms with van der Waals surface area (Å²) in [5, 5.41) is 81.0. The molecule has 0 aliphatic carbocycles. The SMILES string of the molecule is NCCCCCCNC(=O)[C@H](O)[C@H](O)[C@H](O[C@@H]1O[C@H](CO)[C@H](O)[C@H](O)[C@H]1O)[C@H](O)CO. The van der Waals surface area contributed by atoms with E-state index in [4.69, 9.17) is 15.2 Å². The van der Waals surface area contributed by atoms with E-state index in [0.717, 1.165) is 19.3 Å². The first-order valence-corrected chi connectivity index (χ1v) is 10.3.